The predicted octanol–water partition coefficient (Wildman–Crippen LogP) is 5.19. The lowest BCUT2D eigenvalue weighted by molar-refractivity contribution is 0.184. The first-order valence-electron chi connectivity index (χ1n) is 10.9. The topological polar surface area (TPSA) is 77.2 Å². The summed E-state index contributed by atoms with van der Waals surface area (Å²) in [5, 5.41) is 14.6. The summed E-state index contributed by atoms with van der Waals surface area (Å²) in [7, 11) is 4.79. The van der Waals surface area contributed by atoms with Crippen LogP contribution in [0.3, 0.4) is 0 Å². The quantitative estimate of drug-likeness (QED) is 0.544. The summed E-state index contributed by atoms with van der Waals surface area (Å²) < 4.78 is 21.7. The molecule has 1 aliphatic heterocycles. The molecule has 0 spiro atoms. The number of aromatic nitrogens is 1. The number of hydrogen-bond acceptors (Lipinski definition) is 7. The molecule has 1 N–H and O–H groups in total. The molecule has 1 saturated heterocycles. The first-order chi connectivity index (χ1) is 15.6. The average molecular weight is 439 g/mol. The normalized spacial score (nSPS) is 17.0. The molecule has 1 fully saturated rings. The first-order valence-corrected chi connectivity index (χ1v) is 10.9. The molecule has 3 aromatic rings. The Kier molecular flexibility index (Phi) is 6.85. The maximum absolute atomic E-state index is 10.2. The molecule has 1 unspecified atom stereocenters. The van der Waals surface area contributed by atoms with Gasteiger partial charge < -0.3 is 23.8 Å². The van der Waals surface area contributed by atoms with Crippen molar-refractivity contribution >= 4 is 0 Å². The fourth-order valence-corrected chi connectivity index (χ4v) is 4.33. The van der Waals surface area contributed by atoms with E-state index < -0.39 is 0 Å². The molecular formula is C25H30N2O5. The van der Waals surface area contributed by atoms with E-state index in [0.29, 0.717) is 23.0 Å². The Morgan fingerprint density at radius 2 is 1.72 bits per heavy atom. The van der Waals surface area contributed by atoms with E-state index in [4.69, 9.17) is 18.7 Å². The summed E-state index contributed by atoms with van der Waals surface area (Å²) in [6.07, 6.45) is 4.49. The van der Waals surface area contributed by atoms with Crippen LogP contribution in [0.4, 0.5) is 0 Å². The summed E-state index contributed by atoms with van der Waals surface area (Å²) in [4.78, 5) is 2.42. The minimum atomic E-state index is 0.152. The molecule has 4 rings (SSSR count). The third kappa shape index (κ3) is 4.67. The highest BCUT2D eigenvalue weighted by molar-refractivity contribution is 5.62. The zero-order valence-electron chi connectivity index (χ0n) is 18.8. The standard InChI is InChI=1S/C25H30N2O5/c1-29-22-10-8-17(13-21(22)28)16-27-12-6-4-5-7-20(27)19-15-24(32-26-19)18-9-11-23(30-2)25(14-18)31-3/h8-11,13-15,20,28H,4-7,12,16H2,1-3H3. The van der Waals surface area contributed by atoms with E-state index in [9.17, 15) is 5.11 Å². The molecule has 170 valence electrons. The van der Waals surface area contributed by atoms with Gasteiger partial charge in [0.2, 0.25) is 0 Å². The van der Waals surface area contributed by atoms with E-state index in [-0.39, 0.29) is 11.8 Å². The fourth-order valence-electron chi connectivity index (χ4n) is 4.33. The molecule has 0 saturated carbocycles. The van der Waals surface area contributed by atoms with Crippen LogP contribution in [0.5, 0.6) is 23.0 Å². The Hall–Kier alpha value is -3.19. The summed E-state index contributed by atoms with van der Waals surface area (Å²) >= 11 is 0. The highest BCUT2D eigenvalue weighted by Crippen LogP contribution is 2.36. The van der Waals surface area contributed by atoms with Crippen molar-refractivity contribution in [2.45, 2.75) is 38.3 Å². The number of rotatable bonds is 7. The molecule has 0 bridgehead atoms. The lowest BCUT2D eigenvalue weighted by Crippen LogP contribution is -2.28. The molecule has 0 aliphatic carbocycles. The van der Waals surface area contributed by atoms with Crippen LogP contribution in [0.1, 0.15) is 43.0 Å². The number of nitrogens with zero attached hydrogens (tertiary/aromatic N) is 2. The van der Waals surface area contributed by atoms with Gasteiger partial charge in [0.15, 0.2) is 28.8 Å². The molecule has 7 nitrogen and oxygen atoms in total. The van der Waals surface area contributed by atoms with Crippen molar-refractivity contribution in [1.82, 2.24) is 10.1 Å². The van der Waals surface area contributed by atoms with Crippen LogP contribution in [-0.2, 0) is 6.54 Å². The summed E-state index contributed by atoms with van der Waals surface area (Å²) in [6.45, 7) is 1.69. The Balaban J connectivity index is 1.58. The molecule has 0 radical (unpaired) electrons. The maximum Gasteiger partial charge on any atom is 0.167 e. The van der Waals surface area contributed by atoms with Gasteiger partial charge in [0.1, 0.15) is 5.69 Å². The van der Waals surface area contributed by atoms with E-state index in [1.807, 2.05) is 36.4 Å². The number of methoxy groups -OCH3 is 3. The van der Waals surface area contributed by atoms with Crippen LogP contribution in [0.25, 0.3) is 11.3 Å². The molecule has 0 amide bonds. The lowest BCUT2D eigenvalue weighted by Gasteiger charge is -2.28. The number of phenolic OH excluding ortho intramolecular Hbond substituents is 1. The van der Waals surface area contributed by atoms with Gasteiger partial charge in [-0.05, 0) is 55.3 Å². The Labute approximate surface area is 188 Å². The largest absolute Gasteiger partial charge is 0.504 e. The van der Waals surface area contributed by atoms with Gasteiger partial charge in [-0.1, -0.05) is 24.1 Å². The molecule has 32 heavy (non-hydrogen) atoms. The van der Waals surface area contributed by atoms with Gasteiger partial charge in [-0.15, -0.1) is 0 Å². The van der Waals surface area contributed by atoms with Crippen LogP contribution in [0, 0.1) is 0 Å². The van der Waals surface area contributed by atoms with Crippen molar-refractivity contribution in [3.8, 4) is 34.3 Å². The molecule has 2 aromatic carbocycles. The number of hydrogen-bond donors (Lipinski definition) is 1. The molecule has 1 aliphatic rings. The van der Waals surface area contributed by atoms with Gasteiger partial charge in [-0.3, -0.25) is 4.90 Å². The molecular weight excluding hydrogens is 408 g/mol. The van der Waals surface area contributed by atoms with Crippen molar-refractivity contribution in [3.63, 3.8) is 0 Å². The van der Waals surface area contributed by atoms with Crippen molar-refractivity contribution in [2.24, 2.45) is 0 Å². The predicted molar refractivity (Wildman–Crippen MR) is 121 cm³/mol. The van der Waals surface area contributed by atoms with Gasteiger partial charge in [0.25, 0.3) is 0 Å². The number of ether oxygens (including phenoxy) is 3. The molecule has 1 atom stereocenters. The number of benzene rings is 2. The molecule has 1 aromatic heterocycles. The maximum atomic E-state index is 10.2. The van der Waals surface area contributed by atoms with Gasteiger partial charge in [-0.25, -0.2) is 0 Å². The monoisotopic (exact) mass is 438 g/mol. The number of aromatic hydroxyl groups is 1. The number of likely N-dealkylation sites (tertiary alicyclic amines) is 1. The SMILES string of the molecule is COc1ccc(CN2CCCCCC2c2cc(-c3ccc(OC)c(OC)c3)on2)cc1O. The van der Waals surface area contributed by atoms with E-state index >= 15 is 0 Å². The van der Waals surface area contributed by atoms with Gasteiger partial charge in [0.05, 0.1) is 27.4 Å². The first kappa shape index (κ1) is 22.0. The fraction of sp³-hybridized carbons (Fsp3) is 0.400. The molecule has 7 heteroatoms. The van der Waals surface area contributed by atoms with Gasteiger partial charge >= 0.3 is 0 Å². The minimum absolute atomic E-state index is 0.152. The van der Waals surface area contributed by atoms with E-state index in [0.717, 1.165) is 49.2 Å². The third-order valence-electron chi connectivity index (χ3n) is 6.03. The summed E-state index contributed by atoms with van der Waals surface area (Å²) in [5.41, 5.74) is 2.86. The summed E-state index contributed by atoms with van der Waals surface area (Å²) in [5.74, 6) is 2.67. The molecule has 2 heterocycles. The van der Waals surface area contributed by atoms with Crippen LogP contribution in [0.2, 0.25) is 0 Å². The second kappa shape index (κ2) is 9.96. The highest BCUT2D eigenvalue weighted by Gasteiger charge is 2.26. The van der Waals surface area contributed by atoms with Crippen LogP contribution in [0.15, 0.2) is 47.0 Å². The van der Waals surface area contributed by atoms with Crippen LogP contribution < -0.4 is 14.2 Å². The highest BCUT2D eigenvalue weighted by atomic mass is 16.5. The third-order valence-corrected chi connectivity index (χ3v) is 6.03. The lowest BCUT2D eigenvalue weighted by atomic mass is 10.0. The Morgan fingerprint density at radius 3 is 2.47 bits per heavy atom. The summed E-state index contributed by atoms with van der Waals surface area (Å²) in [6, 6.07) is 13.5. The van der Waals surface area contributed by atoms with Crippen LogP contribution in [-0.4, -0.2) is 43.0 Å². The van der Waals surface area contributed by atoms with Gasteiger partial charge in [-0.2, -0.15) is 0 Å². The van der Waals surface area contributed by atoms with Gasteiger partial charge in [0, 0.05) is 18.2 Å². The second-order valence-electron chi connectivity index (χ2n) is 8.03. The van der Waals surface area contributed by atoms with E-state index in [2.05, 4.69) is 10.1 Å². The Bertz CT molecular complexity index is 1050. The van der Waals surface area contributed by atoms with Crippen molar-refractivity contribution in [2.75, 3.05) is 27.9 Å². The van der Waals surface area contributed by atoms with Crippen molar-refractivity contribution in [3.05, 3.63) is 53.7 Å². The van der Waals surface area contributed by atoms with Crippen molar-refractivity contribution in [1.29, 1.82) is 0 Å². The van der Waals surface area contributed by atoms with Crippen LogP contribution >= 0.6 is 0 Å². The Morgan fingerprint density at radius 1 is 0.938 bits per heavy atom. The average Bonchev–Trinajstić information content (AvgIpc) is 3.19. The zero-order valence-corrected chi connectivity index (χ0v) is 18.8. The van der Waals surface area contributed by atoms with E-state index in [1.165, 1.54) is 6.42 Å². The van der Waals surface area contributed by atoms with Crippen molar-refractivity contribution < 1.29 is 23.8 Å². The number of phenols is 1. The smallest absolute Gasteiger partial charge is 0.167 e. The zero-order chi connectivity index (χ0) is 22.5. The van der Waals surface area contributed by atoms with E-state index in [1.54, 1.807) is 27.4 Å². The second-order valence-corrected chi connectivity index (χ2v) is 8.03. The minimum Gasteiger partial charge on any atom is -0.504 e.